The molecular weight excluding hydrogens is 312 g/mol. The van der Waals surface area contributed by atoms with Crippen molar-refractivity contribution in [2.45, 2.75) is 83.2 Å². The summed E-state index contributed by atoms with van der Waals surface area (Å²) in [5.74, 6) is 2.01. The van der Waals surface area contributed by atoms with E-state index in [-0.39, 0.29) is 12.1 Å². The van der Waals surface area contributed by atoms with Gasteiger partial charge >= 0.3 is 5.97 Å². The van der Waals surface area contributed by atoms with E-state index in [0.717, 1.165) is 56.8 Å². The molecule has 1 aromatic rings. The van der Waals surface area contributed by atoms with E-state index < -0.39 is 0 Å². The highest BCUT2D eigenvalue weighted by Gasteiger charge is 2.30. The summed E-state index contributed by atoms with van der Waals surface area (Å²) in [4.78, 5) is 12.2. The quantitative estimate of drug-likeness (QED) is 0.430. The summed E-state index contributed by atoms with van der Waals surface area (Å²) in [7, 11) is 0. The molecule has 0 saturated heterocycles. The second-order valence-electron chi connectivity index (χ2n) is 7.70. The Morgan fingerprint density at radius 3 is 2.76 bits per heavy atom. The van der Waals surface area contributed by atoms with E-state index in [1.165, 1.54) is 24.8 Å². The number of unbranched alkanes of at least 4 members (excludes halogenated alkanes) is 2. The molecule has 2 atom stereocenters. The standard InChI is InChI=1S/C22H32O3/c1-2-3-4-12-22(23)25-21-11-6-5-10-20(21)18-8-7-9-19(15-18)24-16-17-13-14-17/h7-9,15,17,20-21H,2-6,10-14,16H2,1H3/t20-,21+/m0/s1. The molecule has 0 N–H and O–H groups in total. The summed E-state index contributed by atoms with van der Waals surface area (Å²) in [6.45, 7) is 2.99. The van der Waals surface area contributed by atoms with Crippen LogP contribution in [0, 0.1) is 5.92 Å². The van der Waals surface area contributed by atoms with E-state index in [1.54, 1.807) is 0 Å². The van der Waals surface area contributed by atoms with Gasteiger partial charge in [0.05, 0.1) is 6.61 Å². The van der Waals surface area contributed by atoms with Crippen LogP contribution in [0.2, 0.25) is 0 Å². The smallest absolute Gasteiger partial charge is 0.306 e. The Hall–Kier alpha value is -1.51. The third-order valence-corrected chi connectivity index (χ3v) is 5.44. The number of hydrogen-bond acceptors (Lipinski definition) is 3. The summed E-state index contributed by atoms with van der Waals surface area (Å²) in [6.07, 6.45) is 10.8. The van der Waals surface area contributed by atoms with Crippen LogP contribution < -0.4 is 4.74 Å². The van der Waals surface area contributed by atoms with E-state index in [9.17, 15) is 4.79 Å². The summed E-state index contributed by atoms with van der Waals surface area (Å²) in [6, 6.07) is 8.45. The van der Waals surface area contributed by atoms with Crippen LogP contribution in [-0.4, -0.2) is 18.7 Å². The highest BCUT2D eigenvalue weighted by molar-refractivity contribution is 5.69. The Morgan fingerprint density at radius 1 is 1.12 bits per heavy atom. The van der Waals surface area contributed by atoms with Gasteiger partial charge in [-0.2, -0.15) is 0 Å². The number of esters is 1. The summed E-state index contributed by atoms with van der Waals surface area (Å²) in [5.41, 5.74) is 1.26. The predicted molar refractivity (Wildman–Crippen MR) is 99.9 cm³/mol. The Bertz CT molecular complexity index is 550. The van der Waals surface area contributed by atoms with Gasteiger partial charge in [0, 0.05) is 12.3 Å². The van der Waals surface area contributed by atoms with Gasteiger partial charge in [-0.3, -0.25) is 4.79 Å². The fourth-order valence-electron chi connectivity index (χ4n) is 3.70. The topological polar surface area (TPSA) is 35.5 Å². The maximum Gasteiger partial charge on any atom is 0.306 e. The molecule has 0 amide bonds. The minimum atomic E-state index is -0.0218. The van der Waals surface area contributed by atoms with Gasteiger partial charge in [0.25, 0.3) is 0 Å². The van der Waals surface area contributed by atoms with Gasteiger partial charge in [0.2, 0.25) is 0 Å². The van der Waals surface area contributed by atoms with Gasteiger partial charge in [-0.25, -0.2) is 0 Å². The zero-order valence-electron chi connectivity index (χ0n) is 15.5. The SMILES string of the molecule is CCCCCC(=O)O[C@@H]1CCCC[C@H]1c1cccc(OCC2CC2)c1. The molecule has 3 nitrogen and oxygen atoms in total. The van der Waals surface area contributed by atoms with Gasteiger partial charge in [0.1, 0.15) is 11.9 Å². The zero-order chi connectivity index (χ0) is 17.5. The molecule has 0 aliphatic heterocycles. The van der Waals surface area contributed by atoms with Crippen LogP contribution in [0.3, 0.4) is 0 Å². The maximum absolute atomic E-state index is 12.2. The molecule has 2 fully saturated rings. The molecule has 0 bridgehead atoms. The summed E-state index contributed by atoms with van der Waals surface area (Å²) in [5, 5.41) is 0. The Balaban J connectivity index is 1.59. The van der Waals surface area contributed by atoms with Gasteiger partial charge in [-0.1, -0.05) is 38.3 Å². The van der Waals surface area contributed by atoms with Crippen LogP contribution in [0.1, 0.15) is 82.6 Å². The molecule has 0 unspecified atom stereocenters. The van der Waals surface area contributed by atoms with Gasteiger partial charge in [-0.05, 0) is 62.1 Å². The minimum absolute atomic E-state index is 0.0218. The second kappa shape index (κ2) is 9.26. The van der Waals surface area contributed by atoms with Crippen molar-refractivity contribution in [3.63, 3.8) is 0 Å². The molecule has 25 heavy (non-hydrogen) atoms. The lowest BCUT2D eigenvalue weighted by atomic mass is 9.81. The average molecular weight is 344 g/mol. The van der Waals surface area contributed by atoms with E-state index >= 15 is 0 Å². The van der Waals surface area contributed by atoms with Crippen molar-refractivity contribution < 1.29 is 14.3 Å². The first-order valence-corrected chi connectivity index (χ1v) is 10.2. The summed E-state index contributed by atoms with van der Waals surface area (Å²) >= 11 is 0. The predicted octanol–water partition coefficient (Wildman–Crippen LogP) is 5.63. The van der Waals surface area contributed by atoms with E-state index in [4.69, 9.17) is 9.47 Å². The summed E-state index contributed by atoms with van der Waals surface area (Å²) < 4.78 is 11.8. The fraction of sp³-hybridized carbons (Fsp3) is 0.682. The number of rotatable bonds is 9. The molecule has 0 spiro atoms. The Kier molecular flexibility index (Phi) is 6.77. The van der Waals surface area contributed by atoms with E-state index in [0.29, 0.717) is 12.3 Å². The molecule has 3 heteroatoms. The first-order valence-electron chi connectivity index (χ1n) is 10.2. The Labute approximate surface area is 152 Å². The van der Waals surface area contributed by atoms with Crippen LogP contribution >= 0.6 is 0 Å². The molecule has 0 radical (unpaired) electrons. The molecule has 2 aliphatic carbocycles. The molecule has 1 aromatic carbocycles. The van der Waals surface area contributed by atoms with Gasteiger partial charge < -0.3 is 9.47 Å². The molecule has 3 rings (SSSR count). The molecule has 2 saturated carbocycles. The third kappa shape index (κ3) is 5.76. The lowest BCUT2D eigenvalue weighted by Crippen LogP contribution is -2.28. The number of hydrogen-bond donors (Lipinski definition) is 0. The minimum Gasteiger partial charge on any atom is -0.493 e. The molecular formula is C22H32O3. The van der Waals surface area contributed by atoms with E-state index in [2.05, 4.69) is 25.1 Å². The average Bonchev–Trinajstić information content (AvgIpc) is 3.45. The Morgan fingerprint density at radius 2 is 1.96 bits per heavy atom. The number of benzene rings is 1. The first-order chi connectivity index (χ1) is 12.3. The normalized spacial score (nSPS) is 23.2. The monoisotopic (exact) mass is 344 g/mol. The van der Waals surface area contributed by atoms with Crippen LogP contribution in [0.5, 0.6) is 5.75 Å². The number of carbonyl (C=O) groups excluding carboxylic acids is 1. The number of carbonyl (C=O) groups is 1. The van der Waals surface area contributed by atoms with Crippen LogP contribution in [0.25, 0.3) is 0 Å². The van der Waals surface area contributed by atoms with Crippen molar-refractivity contribution in [1.29, 1.82) is 0 Å². The third-order valence-electron chi connectivity index (χ3n) is 5.44. The molecule has 0 aromatic heterocycles. The van der Waals surface area contributed by atoms with Crippen molar-refractivity contribution in [2.75, 3.05) is 6.61 Å². The zero-order valence-corrected chi connectivity index (χ0v) is 15.5. The highest BCUT2D eigenvalue weighted by Crippen LogP contribution is 2.37. The second-order valence-corrected chi connectivity index (χ2v) is 7.70. The molecule has 2 aliphatic rings. The highest BCUT2D eigenvalue weighted by atomic mass is 16.5. The van der Waals surface area contributed by atoms with E-state index in [1.807, 2.05) is 6.07 Å². The maximum atomic E-state index is 12.2. The fourth-order valence-corrected chi connectivity index (χ4v) is 3.70. The first kappa shape index (κ1) is 18.3. The van der Waals surface area contributed by atoms with Crippen molar-refractivity contribution >= 4 is 5.97 Å². The largest absolute Gasteiger partial charge is 0.493 e. The van der Waals surface area contributed by atoms with Crippen molar-refractivity contribution in [1.82, 2.24) is 0 Å². The van der Waals surface area contributed by atoms with Gasteiger partial charge in [-0.15, -0.1) is 0 Å². The van der Waals surface area contributed by atoms with Crippen LogP contribution in [0.15, 0.2) is 24.3 Å². The van der Waals surface area contributed by atoms with Crippen molar-refractivity contribution in [3.05, 3.63) is 29.8 Å². The van der Waals surface area contributed by atoms with Crippen molar-refractivity contribution in [2.24, 2.45) is 5.92 Å². The lowest BCUT2D eigenvalue weighted by molar-refractivity contribution is -0.151. The van der Waals surface area contributed by atoms with Crippen LogP contribution in [-0.2, 0) is 9.53 Å². The van der Waals surface area contributed by atoms with Gasteiger partial charge in [0.15, 0.2) is 0 Å². The molecule has 138 valence electrons. The van der Waals surface area contributed by atoms with Crippen LogP contribution in [0.4, 0.5) is 0 Å². The lowest BCUT2D eigenvalue weighted by Gasteiger charge is -2.31. The molecule has 0 heterocycles. The number of ether oxygens (including phenoxy) is 2. The van der Waals surface area contributed by atoms with Crippen molar-refractivity contribution in [3.8, 4) is 5.75 Å².